The van der Waals surface area contributed by atoms with E-state index in [4.69, 9.17) is 65.4 Å². The molecule has 0 saturated carbocycles. The number of rotatable bonds is 17. The molecule has 0 unspecified atom stereocenters. The molecule has 7 aromatic carbocycles. The number of hydrogen-bond acceptors (Lipinski definition) is 4. The molecule has 0 spiro atoms. The van der Waals surface area contributed by atoms with Crippen LogP contribution in [0.5, 0.6) is 11.5 Å². The maximum absolute atomic E-state index is 15.8. The van der Waals surface area contributed by atoms with Gasteiger partial charge in [0.1, 0.15) is 29.4 Å². The van der Waals surface area contributed by atoms with E-state index in [1.54, 1.807) is 0 Å². The summed E-state index contributed by atoms with van der Waals surface area (Å²) < 4.78 is 265. The molecule has 76 heavy (non-hydrogen) atoms. The third-order valence-electron chi connectivity index (χ3n) is 11.2. The van der Waals surface area contributed by atoms with Gasteiger partial charge in [0.2, 0.25) is 0 Å². The number of halogens is 20. The Morgan fingerprint density at radius 2 is 0.605 bits per heavy atom. The Morgan fingerprint density at radius 1 is 0.342 bits per heavy atom. The summed E-state index contributed by atoms with van der Waals surface area (Å²) in [5.74, 6) is -46.5. The van der Waals surface area contributed by atoms with Gasteiger partial charge in [-0.25, -0.2) is 70.2 Å². The molecule has 0 amide bonds. The van der Waals surface area contributed by atoms with Gasteiger partial charge < -0.3 is 0 Å². The molecule has 0 aliphatic rings. The van der Waals surface area contributed by atoms with Gasteiger partial charge in [0.15, 0.2) is 69.8 Å². The number of ether oxygens (including phenoxy) is 4. The van der Waals surface area contributed by atoms with Crippen LogP contribution in [-0.2, 0) is 9.47 Å². The maximum atomic E-state index is 15.8. The zero-order chi connectivity index (χ0) is 56.1. The fourth-order valence-electron chi connectivity index (χ4n) is 7.99. The Balaban J connectivity index is 0.000000264. The molecule has 7 aromatic rings. The SMILES string of the molecule is CCOCCOc1ccccc1[Se+](c1ccccc1)c1ccccc1OCCOCC.Fc1c(F)c(F)c([B-](c2c(F)c(F)c(F)c(F)c2Cl)(c2c(F)c(F)c(F)c(F)c2Cl)c2c(F)c(F)c(F)c(F)c2Cl)c(Cl)c1F. The van der Waals surface area contributed by atoms with Crippen LogP contribution in [0.2, 0.25) is 20.1 Å². The number of para-hydroxylation sites is 2. The Hall–Kier alpha value is -5.32. The Bertz CT molecular complexity index is 2860. The minimum absolute atomic E-state index is 0.533. The van der Waals surface area contributed by atoms with Gasteiger partial charge in [0.25, 0.3) is 0 Å². The average molecular weight is 1230 g/mol. The van der Waals surface area contributed by atoms with Crippen molar-refractivity contribution in [2.45, 2.75) is 13.8 Å². The summed E-state index contributed by atoms with van der Waals surface area (Å²) in [4.78, 5) is 0. The summed E-state index contributed by atoms with van der Waals surface area (Å²) in [6.45, 7) is 7.60. The van der Waals surface area contributed by atoms with Crippen molar-refractivity contribution in [2.24, 2.45) is 0 Å². The van der Waals surface area contributed by atoms with Crippen LogP contribution in [0, 0.1) is 93.1 Å². The van der Waals surface area contributed by atoms with E-state index in [1.807, 2.05) is 26.0 Å². The molecule has 0 fully saturated rings. The molecule has 26 heteroatoms. The van der Waals surface area contributed by atoms with Gasteiger partial charge in [0, 0.05) is 20.1 Å². The maximum Gasteiger partial charge on any atom is 0.198 e. The normalized spacial score (nSPS) is 11.6. The minimum atomic E-state index is -6.24. The van der Waals surface area contributed by atoms with E-state index in [9.17, 15) is 52.7 Å². The summed E-state index contributed by atoms with van der Waals surface area (Å²) in [6, 6.07) is 27.4. The van der Waals surface area contributed by atoms with Crippen LogP contribution in [0.15, 0.2) is 78.9 Å². The second-order valence-electron chi connectivity index (χ2n) is 15.4. The first-order valence-electron chi connectivity index (χ1n) is 21.7. The van der Waals surface area contributed by atoms with Gasteiger partial charge in [0.05, 0.1) is 0 Å². The second kappa shape index (κ2) is 25.4. The first kappa shape index (κ1) is 59.9. The van der Waals surface area contributed by atoms with Gasteiger partial charge in [-0.2, -0.15) is 0 Å². The molecule has 7 rings (SSSR count). The molecule has 0 atom stereocenters. The molecule has 0 N–H and O–H groups in total. The van der Waals surface area contributed by atoms with Crippen molar-refractivity contribution in [1.29, 1.82) is 0 Å². The molecule has 0 aliphatic heterocycles. The molecule has 0 saturated heterocycles. The van der Waals surface area contributed by atoms with Crippen molar-refractivity contribution >= 4 is 102 Å². The molecule has 4 nitrogen and oxygen atoms in total. The van der Waals surface area contributed by atoms with Gasteiger partial charge in [-0.1, -0.05) is 46.4 Å². The molecule has 0 aliphatic carbocycles. The van der Waals surface area contributed by atoms with Gasteiger partial charge in [-0.05, 0) is 0 Å². The van der Waals surface area contributed by atoms with Gasteiger partial charge in [-0.15, -0.1) is 21.9 Å². The van der Waals surface area contributed by atoms with Crippen molar-refractivity contribution in [3.05, 3.63) is 192 Å². The van der Waals surface area contributed by atoms with Crippen LogP contribution < -0.4 is 44.7 Å². The standard InChI is InChI=1S/C26H31O4Se.C24BCl4F16/c1-3-27-18-20-29-23-14-8-10-16-25(23)31(22-12-6-5-7-13-22)26-17-11-9-15-24(26)30-21-19-28-4-2;26-5-1(9(30)17(38)21(42)13(5)34)25(2-6(27)14(35)22(43)18(39)10(2)31,3-7(28)15(36)23(44)19(40)11(3)32)4-8(29)16(37)24(45)20(41)12(4)33/h5-17H,3-4,18-21H2,1-2H3;/q+1;-1. The van der Waals surface area contributed by atoms with Crippen LogP contribution in [0.25, 0.3) is 0 Å². The van der Waals surface area contributed by atoms with Crippen molar-refractivity contribution in [2.75, 3.05) is 39.6 Å². The van der Waals surface area contributed by atoms with Gasteiger partial charge in [-0.3, -0.25) is 0 Å². The first-order valence-corrected chi connectivity index (χ1v) is 25.7. The van der Waals surface area contributed by atoms with Crippen LogP contribution in [0.1, 0.15) is 13.8 Å². The number of benzene rings is 7. The third kappa shape index (κ3) is 11.1. The van der Waals surface area contributed by atoms with E-state index in [2.05, 4.69) is 66.7 Å². The molecule has 0 aromatic heterocycles. The van der Waals surface area contributed by atoms with Crippen LogP contribution in [0.3, 0.4) is 0 Å². The third-order valence-corrected chi connectivity index (χ3v) is 17.5. The fraction of sp³-hybridized carbons (Fsp3) is 0.160. The largest absolute Gasteiger partial charge is 0.207 e. The molecule has 0 heterocycles. The van der Waals surface area contributed by atoms with E-state index in [0.717, 1.165) is 11.5 Å². The van der Waals surface area contributed by atoms with Crippen LogP contribution in [-0.4, -0.2) is 59.7 Å². The molecule has 404 valence electrons. The minimum Gasteiger partial charge on any atom is -0.207 e. The second-order valence-corrected chi connectivity index (χ2v) is 21.0. The zero-order valence-corrected chi connectivity index (χ0v) is 43.2. The summed E-state index contributed by atoms with van der Waals surface area (Å²) >= 11 is 20.6. The van der Waals surface area contributed by atoms with Gasteiger partial charge >= 0.3 is 190 Å². The van der Waals surface area contributed by atoms with Crippen molar-refractivity contribution in [3.8, 4) is 11.5 Å². The first-order chi connectivity index (χ1) is 36.0. The van der Waals surface area contributed by atoms with Crippen molar-refractivity contribution in [1.82, 2.24) is 0 Å². The molecular formula is C50H31BCl4F16O4Se. The molecule has 0 bridgehead atoms. The van der Waals surface area contributed by atoms with E-state index in [-0.39, 0.29) is 0 Å². The van der Waals surface area contributed by atoms with E-state index < -0.39 is 155 Å². The summed E-state index contributed by atoms with van der Waals surface area (Å²) in [5, 5.41) is -9.69. The average Bonchev–Trinajstić information content (AvgIpc) is 3.42. The molecular weight excluding hydrogens is 1200 g/mol. The van der Waals surface area contributed by atoms with Crippen LogP contribution in [0.4, 0.5) is 70.2 Å². The monoisotopic (exact) mass is 1230 g/mol. The summed E-state index contributed by atoms with van der Waals surface area (Å²) in [7, 11) is 0. The van der Waals surface area contributed by atoms with E-state index in [0.29, 0.717) is 39.6 Å². The molecule has 0 radical (unpaired) electrons. The Labute approximate surface area is 445 Å². The fourth-order valence-corrected chi connectivity index (χ4v) is 14.0. The van der Waals surface area contributed by atoms with Crippen LogP contribution >= 0.6 is 46.4 Å². The summed E-state index contributed by atoms with van der Waals surface area (Å²) in [6.07, 6.45) is -6.24. The zero-order valence-electron chi connectivity index (χ0n) is 38.4. The van der Waals surface area contributed by atoms with Crippen molar-refractivity contribution < 1.29 is 89.2 Å². The Morgan fingerprint density at radius 3 is 0.895 bits per heavy atom. The summed E-state index contributed by atoms with van der Waals surface area (Å²) in [5.41, 5.74) is -10.7. The predicted molar refractivity (Wildman–Crippen MR) is 257 cm³/mol. The topological polar surface area (TPSA) is 36.9 Å². The smallest absolute Gasteiger partial charge is 0.198 e. The quantitative estimate of drug-likeness (QED) is 0.0299. The van der Waals surface area contributed by atoms with E-state index in [1.165, 1.54) is 13.4 Å². The van der Waals surface area contributed by atoms with Crippen molar-refractivity contribution in [3.63, 3.8) is 0 Å². The Kier molecular flexibility index (Phi) is 20.1. The van der Waals surface area contributed by atoms with E-state index >= 15 is 17.6 Å². The predicted octanol–water partition coefficient (Wildman–Crippen LogP) is 10.9. The number of hydrogen-bond donors (Lipinski definition) is 0.